The Hall–Kier alpha value is 0.110. The minimum Gasteiger partial charge on any atom is -0.324 e. The summed E-state index contributed by atoms with van der Waals surface area (Å²) in [6, 6.07) is 0. The van der Waals surface area contributed by atoms with Gasteiger partial charge in [-0.3, -0.25) is 4.57 Å². The van der Waals surface area contributed by atoms with Gasteiger partial charge in [-0.2, -0.15) is 0 Å². The summed E-state index contributed by atoms with van der Waals surface area (Å²) in [7, 11) is -3.40. The first kappa shape index (κ1) is 27.1. The van der Waals surface area contributed by atoms with Crippen LogP contribution in [0.5, 0.6) is 0 Å². The fraction of sp³-hybridized carbons (Fsp3) is 1.00. The Balaban J connectivity index is 3.29. The van der Waals surface area contributed by atoms with Gasteiger partial charge < -0.3 is 14.7 Å². The van der Waals surface area contributed by atoms with Crippen LogP contribution < -0.4 is 5.32 Å². The van der Waals surface area contributed by atoms with Gasteiger partial charge in [0.05, 0.1) is 12.8 Å². The molecule has 2 N–H and O–H groups in total. The summed E-state index contributed by atoms with van der Waals surface area (Å²) in [4.78, 5) is 9.83. The third-order valence-corrected chi connectivity index (χ3v) is 6.44. The van der Waals surface area contributed by atoms with E-state index >= 15 is 0 Å². The zero-order valence-corrected chi connectivity index (χ0v) is 19.2. The molecule has 1 unspecified atom stereocenters. The highest BCUT2D eigenvalue weighted by Crippen LogP contribution is 2.41. The van der Waals surface area contributed by atoms with E-state index in [1.165, 1.54) is 83.5 Å². The monoisotopic (exact) mass is 405 g/mol. The average molecular weight is 406 g/mol. The standard InChI is InChI=1S/C22H48NO3P/c1-3-5-7-9-11-12-13-14-15-17-19-23-20-22-27(24,25)26-21-18-16-10-8-6-4-2/h23H,3-22H2,1-2H3,(H,24,25). The van der Waals surface area contributed by atoms with E-state index in [-0.39, 0.29) is 6.16 Å². The van der Waals surface area contributed by atoms with E-state index in [1.54, 1.807) is 0 Å². The number of unbranched alkanes of at least 4 members (excludes halogenated alkanes) is 14. The van der Waals surface area contributed by atoms with Gasteiger partial charge in [0, 0.05) is 6.54 Å². The van der Waals surface area contributed by atoms with Crippen LogP contribution in [-0.2, 0) is 9.09 Å². The van der Waals surface area contributed by atoms with Crippen molar-refractivity contribution in [3.8, 4) is 0 Å². The summed E-state index contributed by atoms with van der Waals surface area (Å²) in [5, 5.41) is 3.28. The summed E-state index contributed by atoms with van der Waals surface area (Å²) < 4.78 is 17.2. The highest BCUT2D eigenvalue weighted by Gasteiger charge is 2.17. The maximum atomic E-state index is 11.9. The molecule has 0 aliphatic heterocycles. The molecule has 0 aliphatic rings. The molecule has 0 heterocycles. The van der Waals surface area contributed by atoms with Gasteiger partial charge in [-0.1, -0.05) is 104 Å². The highest BCUT2D eigenvalue weighted by molar-refractivity contribution is 7.52. The van der Waals surface area contributed by atoms with E-state index in [1.807, 2.05) is 0 Å². The summed E-state index contributed by atoms with van der Waals surface area (Å²) in [5.41, 5.74) is 0. The molecule has 164 valence electrons. The maximum Gasteiger partial charge on any atom is 0.329 e. The van der Waals surface area contributed by atoms with Gasteiger partial charge >= 0.3 is 7.60 Å². The molecule has 0 aliphatic carbocycles. The molecule has 0 radical (unpaired) electrons. The molecule has 0 rings (SSSR count). The molecule has 4 nitrogen and oxygen atoms in total. The molecule has 1 atom stereocenters. The van der Waals surface area contributed by atoms with Gasteiger partial charge in [-0.15, -0.1) is 0 Å². The van der Waals surface area contributed by atoms with E-state index in [0.717, 1.165) is 25.8 Å². The normalized spacial score (nSPS) is 13.7. The molecular formula is C22H48NO3P. The second-order valence-electron chi connectivity index (χ2n) is 7.89. The fourth-order valence-electron chi connectivity index (χ4n) is 3.24. The molecule has 0 amide bonds. The Morgan fingerprint density at radius 2 is 1.11 bits per heavy atom. The minimum absolute atomic E-state index is 0.223. The molecule has 0 bridgehead atoms. The van der Waals surface area contributed by atoms with Crippen LogP contribution in [0.4, 0.5) is 0 Å². The highest BCUT2D eigenvalue weighted by atomic mass is 31.2. The van der Waals surface area contributed by atoms with Crippen molar-refractivity contribution < 1.29 is 14.0 Å². The molecule has 0 saturated carbocycles. The summed E-state index contributed by atoms with van der Waals surface area (Å²) in [5.74, 6) is 0. The predicted molar refractivity (Wildman–Crippen MR) is 119 cm³/mol. The van der Waals surface area contributed by atoms with Crippen LogP contribution in [0, 0.1) is 0 Å². The molecule has 5 heteroatoms. The van der Waals surface area contributed by atoms with E-state index in [2.05, 4.69) is 19.2 Å². The fourth-order valence-corrected chi connectivity index (χ4v) is 4.22. The van der Waals surface area contributed by atoms with Crippen LogP contribution in [-0.4, -0.2) is 30.8 Å². The molecule has 0 aromatic heterocycles. The molecule has 0 fully saturated rings. The van der Waals surface area contributed by atoms with Crippen molar-refractivity contribution in [2.45, 2.75) is 117 Å². The minimum atomic E-state index is -3.40. The summed E-state index contributed by atoms with van der Waals surface area (Å²) >= 11 is 0. The average Bonchev–Trinajstić information content (AvgIpc) is 2.64. The van der Waals surface area contributed by atoms with Crippen LogP contribution >= 0.6 is 7.60 Å². The first-order valence-corrected chi connectivity index (χ1v) is 13.6. The largest absolute Gasteiger partial charge is 0.329 e. The topological polar surface area (TPSA) is 58.6 Å². The molecule has 27 heavy (non-hydrogen) atoms. The van der Waals surface area contributed by atoms with Crippen molar-refractivity contribution in [1.82, 2.24) is 5.32 Å². The van der Waals surface area contributed by atoms with Crippen molar-refractivity contribution in [3.63, 3.8) is 0 Å². The SMILES string of the molecule is CCCCCCCCCCCCNCCP(=O)(O)OCCCCCCCC. The summed E-state index contributed by atoms with van der Waals surface area (Å²) in [6.07, 6.45) is 20.6. The third kappa shape index (κ3) is 22.3. The van der Waals surface area contributed by atoms with Crippen molar-refractivity contribution in [3.05, 3.63) is 0 Å². The van der Waals surface area contributed by atoms with Crippen LogP contribution in [0.2, 0.25) is 0 Å². The van der Waals surface area contributed by atoms with Gasteiger partial charge in [0.1, 0.15) is 0 Å². The van der Waals surface area contributed by atoms with E-state index in [4.69, 9.17) is 4.52 Å². The Morgan fingerprint density at radius 3 is 1.63 bits per heavy atom. The van der Waals surface area contributed by atoms with Crippen LogP contribution in [0.1, 0.15) is 117 Å². The summed E-state index contributed by atoms with van der Waals surface area (Å²) in [6.45, 7) is 6.39. The van der Waals surface area contributed by atoms with Crippen molar-refractivity contribution in [2.24, 2.45) is 0 Å². The lowest BCUT2D eigenvalue weighted by Gasteiger charge is -2.12. The van der Waals surface area contributed by atoms with E-state index < -0.39 is 7.60 Å². The Labute approximate surface area is 169 Å². The van der Waals surface area contributed by atoms with Gasteiger partial charge in [0.2, 0.25) is 0 Å². The number of hydrogen-bond donors (Lipinski definition) is 2. The molecule has 0 aromatic rings. The second-order valence-corrected chi connectivity index (χ2v) is 9.87. The molecule has 0 spiro atoms. The first-order chi connectivity index (χ1) is 13.1. The van der Waals surface area contributed by atoms with Gasteiger partial charge in [0.15, 0.2) is 0 Å². The zero-order valence-electron chi connectivity index (χ0n) is 18.4. The zero-order chi connectivity index (χ0) is 20.1. The van der Waals surface area contributed by atoms with Crippen LogP contribution in [0.15, 0.2) is 0 Å². The third-order valence-electron chi connectivity index (χ3n) is 5.07. The van der Waals surface area contributed by atoms with Gasteiger partial charge in [-0.05, 0) is 19.4 Å². The van der Waals surface area contributed by atoms with Crippen molar-refractivity contribution in [2.75, 3.05) is 25.9 Å². The lowest BCUT2D eigenvalue weighted by Crippen LogP contribution is -2.20. The molecular weight excluding hydrogens is 357 g/mol. The first-order valence-electron chi connectivity index (χ1n) is 11.8. The lowest BCUT2D eigenvalue weighted by atomic mass is 10.1. The number of rotatable bonds is 22. The van der Waals surface area contributed by atoms with Crippen molar-refractivity contribution >= 4 is 7.60 Å². The number of nitrogens with one attached hydrogen (secondary N) is 1. The van der Waals surface area contributed by atoms with Gasteiger partial charge in [0.25, 0.3) is 0 Å². The van der Waals surface area contributed by atoms with Crippen LogP contribution in [0.25, 0.3) is 0 Å². The van der Waals surface area contributed by atoms with E-state index in [9.17, 15) is 9.46 Å². The quantitative estimate of drug-likeness (QED) is 0.149. The second kappa shape index (κ2) is 20.8. The van der Waals surface area contributed by atoms with Crippen molar-refractivity contribution in [1.29, 1.82) is 0 Å². The Bertz CT molecular complexity index is 340. The van der Waals surface area contributed by atoms with Crippen LogP contribution in [0.3, 0.4) is 0 Å². The predicted octanol–water partition coefficient (Wildman–Crippen LogP) is 7.06. The number of hydrogen-bond acceptors (Lipinski definition) is 3. The Morgan fingerprint density at radius 1 is 0.667 bits per heavy atom. The maximum absolute atomic E-state index is 11.9. The lowest BCUT2D eigenvalue weighted by molar-refractivity contribution is 0.252. The smallest absolute Gasteiger partial charge is 0.324 e. The molecule has 0 saturated heterocycles. The van der Waals surface area contributed by atoms with E-state index in [0.29, 0.717) is 13.2 Å². The Kier molecular flexibility index (Phi) is 20.9. The molecule has 0 aromatic carbocycles. The van der Waals surface area contributed by atoms with Gasteiger partial charge in [-0.25, -0.2) is 0 Å².